The van der Waals surface area contributed by atoms with Gasteiger partial charge in [0, 0.05) is 13.2 Å². The summed E-state index contributed by atoms with van der Waals surface area (Å²) >= 11 is 0. The number of nitrogens with two attached hydrogens (primary N) is 1. The van der Waals surface area contributed by atoms with Crippen molar-refractivity contribution in [1.29, 1.82) is 0 Å². The monoisotopic (exact) mass is 228 g/mol. The maximum Gasteiger partial charge on any atom is 0.322 e. The van der Waals surface area contributed by atoms with Gasteiger partial charge in [-0.2, -0.15) is 15.0 Å². The van der Waals surface area contributed by atoms with Crippen LogP contribution in [0.25, 0.3) is 0 Å². The number of aromatic nitrogens is 3. The normalized spacial score (nSPS) is 9.94. The molecule has 16 heavy (non-hydrogen) atoms. The fourth-order valence-corrected chi connectivity index (χ4v) is 1.03. The Balaban J connectivity index is 2.57. The van der Waals surface area contributed by atoms with Crippen LogP contribution in [0.4, 0.5) is 11.9 Å². The molecule has 0 amide bonds. The number of hydrogen-bond acceptors (Lipinski definition) is 8. The summed E-state index contributed by atoms with van der Waals surface area (Å²) in [5.41, 5.74) is 2.32. The lowest BCUT2D eigenvalue weighted by Crippen LogP contribution is -2.14. The molecular weight excluding hydrogens is 212 g/mol. The van der Waals surface area contributed by atoms with E-state index in [2.05, 4.69) is 25.7 Å². The number of rotatable bonds is 7. The van der Waals surface area contributed by atoms with Crippen LogP contribution in [-0.2, 0) is 0 Å². The second kappa shape index (κ2) is 6.75. The molecule has 0 spiro atoms. The van der Waals surface area contributed by atoms with Gasteiger partial charge in [0.2, 0.25) is 11.9 Å². The van der Waals surface area contributed by atoms with Gasteiger partial charge in [-0.15, -0.1) is 0 Å². The van der Waals surface area contributed by atoms with Gasteiger partial charge in [-0.25, -0.2) is 5.84 Å². The van der Waals surface area contributed by atoms with Crippen molar-refractivity contribution in [3.8, 4) is 6.01 Å². The Bertz CT molecular complexity index is 299. The molecule has 0 aliphatic carbocycles. The van der Waals surface area contributed by atoms with Gasteiger partial charge in [0.15, 0.2) is 0 Å². The zero-order valence-electron chi connectivity index (χ0n) is 9.10. The standard InChI is InChI=1S/C8H16N6O2/c1-16-8-12-6(10-4-2-3-5-15)11-7(13-8)14-9/h15H,2-5,9H2,1H3,(H2,10,11,12,13,14). The first-order valence-electron chi connectivity index (χ1n) is 4.91. The second-order valence-corrected chi connectivity index (χ2v) is 2.97. The Hall–Kier alpha value is -1.67. The van der Waals surface area contributed by atoms with Crippen molar-refractivity contribution in [2.45, 2.75) is 12.8 Å². The molecule has 0 radical (unpaired) electrons. The third-order valence-electron chi connectivity index (χ3n) is 1.79. The van der Waals surface area contributed by atoms with Gasteiger partial charge in [0.05, 0.1) is 7.11 Å². The largest absolute Gasteiger partial charge is 0.467 e. The SMILES string of the molecule is COc1nc(NN)nc(NCCCCO)n1. The first kappa shape index (κ1) is 12.4. The van der Waals surface area contributed by atoms with Crippen molar-refractivity contribution < 1.29 is 9.84 Å². The fraction of sp³-hybridized carbons (Fsp3) is 0.625. The molecule has 0 aromatic carbocycles. The van der Waals surface area contributed by atoms with E-state index in [9.17, 15) is 0 Å². The Morgan fingerprint density at radius 2 is 2.00 bits per heavy atom. The molecule has 1 aromatic rings. The van der Waals surface area contributed by atoms with Crippen LogP contribution in [0.5, 0.6) is 6.01 Å². The third kappa shape index (κ3) is 3.83. The number of ether oxygens (including phenoxy) is 1. The molecule has 0 aliphatic heterocycles. The predicted octanol–water partition coefficient (Wildman–Crippen LogP) is -0.650. The minimum atomic E-state index is 0.178. The smallest absolute Gasteiger partial charge is 0.322 e. The van der Waals surface area contributed by atoms with Gasteiger partial charge >= 0.3 is 6.01 Å². The lowest BCUT2D eigenvalue weighted by molar-refractivity contribution is 0.286. The summed E-state index contributed by atoms with van der Waals surface area (Å²) in [5.74, 6) is 5.82. The Morgan fingerprint density at radius 1 is 1.25 bits per heavy atom. The molecule has 1 rings (SSSR count). The summed E-state index contributed by atoms with van der Waals surface area (Å²) in [7, 11) is 1.46. The molecule has 90 valence electrons. The average Bonchev–Trinajstić information content (AvgIpc) is 2.34. The summed E-state index contributed by atoms with van der Waals surface area (Å²) in [4.78, 5) is 11.8. The Morgan fingerprint density at radius 3 is 2.62 bits per heavy atom. The van der Waals surface area contributed by atoms with E-state index in [1.807, 2.05) is 0 Å². The number of aliphatic hydroxyl groups excluding tert-OH is 1. The highest BCUT2D eigenvalue weighted by molar-refractivity contribution is 5.34. The number of nitrogens with zero attached hydrogens (tertiary/aromatic N) is 3. The molecule has 0 bridgehead atoms. The highest BCUT2D eigenvalue weighted by Crippen LogP contribution is 2.09. The molecular formula is C8H16N6O2. The summed E-state index contributed by atoms with van der Waals surface area (Å²) in [5, 5.41) is 11.6. The van der Waals surface area contributed by atoms with E-state index < -0.39 is 0 Å². The van der Waals surface area contributed by atoms with Crippen molar-refractivity contribution in [3.05, 3.63) is 0 Å². The predicted molar refractivity (Wildman–Crippen MR) is 59.0 cm³/mol. The number of unbranched alkanes of at least 4 members (excludes halogenated alkanes) is 1. The quantitative estimate of drug-likeness (QED) is 0.276. The number of nitrogens with one attached hydrogen (secondary N) is 2. The van der Waals surface area contributed by atoms with E-state index in [0.29, 0.717) is 12.5 Å². The molecule has 8 nitrogen and oxygen atoms in total. The number of hydrazine groups is 1. The molecule has 1 heterocycles. The van der Waals surface area contributed by atoms with Crippen molar-refractivity contribution >= 4 is 11.9 Å². The van der Waals surface area contributed by atoms with E-state index in [1.54, 1.807) is 0 Å². The molecule has 0 atom stereocenters. The van der Waals surface area contributed by atoms with E-state index in [-0.39, 0.29) is 18.6 Å². The van der Waals surface area contributed by atoms with Crippen molar-refractivity contribution in [2.24, 2.45) is 5.84 Å². The van der Waals surface area contributed by atoms with Crippen LogP contribution in [0.15, 0.2) is 0 Å². The maximum absolute atomic E-state index is 8.61. The van der Waals surface area contributed by atoms with Crippen LogP contribution in [0.2, 0.25) is 0 Å². The molecule has 0 saturated heterocycles. The average molecular weight is 228 g/mol. The Kier molecular flexibility index (Phi) is 5.23. The first-order chi connectivity index (χ1) is 7.80. The highest BCUT2D eigenvalue weighted by Gasteiger charge is 2.04. The lowest BCUT2D eigenvalue weighted by Gasteiger charge is -2.07. The third-order valence-corrected chi connectivity index (χ3v) is 1.79. The van der Waals surface area contributed by atoms with Gasteiger partial charge in [-0.3, -0.25) is 5.43 Å². The number of hydrogen-bond donors (Lipinski definition) is 4. The molecule has 1 aromatic heterocycles. The summed E-state index contributed by atoms with van der Waals surface area (Å²) in [6.07, 6.45) is 1.56. The number of nitrogen functional groups attached to an aromatic ring is 1. The minimum absolute atomic E-state index is 0.178. The Labute approximate surface area is 93.2 Å². The molecule has 0 unspecified atom stereocenters. The summed E-state index contributed by atoms with van der Waals surface area (Å²) in [6, 6.07) is 0.188. The molecule has 0 fully saturated rings. The lowest BCUT2D eigenvalue weighted by atomic mass is 10.3. The van der Waals surface area contributed by atoms with Gasteiger partial charge < -0.3 is 15.2 Å². The van der Waals surface area contributed by atoms with Crippen LogP contribution in [0.3, 0.4) is 0 Å². The van der Waals surface area contributed by atoms with Crippen molar-refractivity contribution in [3.63, 3.8) is 0 Å². The topological polar surface area (TPSA) is 118 Å². The van der Waals surface area contributed by atoms with Crippen LogP contribution in [0.1, 0.15) is 12.8 Å². The zero-order chi connectivity index (χ0) is 11.8. The van der Waals surface area contributed by atoms with Gasteiger partial charge in [0.1, 0.15) is 0 Å². The van der Waals surface area contributed by atoms with Gasteiger partial charge in [-0.05, 0) is 12.8 Å². The summed E-state index contributed by atoms with van der Waals surface area (Å²) in [6.45, 7) is 0.843. The van der Waals surface area contributed by atoms with Crippen molar-refractivity contribution in [1.82, 2.24) is 15.0 Å². The molecule has 5 N–H and O–H groups in total. The van der Waals surface area contributed by atoms with Crippen LogP contribution >= 0.6 is 0 Å². The van der Waals surface area contributed by atoms with Crippen LogP contribution < -0.4 is 21.3 Å². The molecule has 0 saturated carbocycles. The van der Waals surface area contributed by atoms with E-state index in [1.165, 1.54) is 7.11 Å². The number of methoxy groups -OCH3 is 1. The highest BCUT2D eigenvalue weighted by atomic mass is 16.5. The van der Waals surface area contributed by atoms with Crippen molar-refractivity contribution in [2.75, 3.05) is 31.0 Å². The maximum atomic E-state index is 8.61. The van der Waals surface area contributed by atoms with Crippen LogP contribution in [0, 0.1) is 0 Å². The molecule has 0 aliphatic rings. The second-order valence-electron chi connectivity index (χ2n) is 2.97. The number of aliphatic hydroxyl groups is 1. The fourth-order valence-electron chi connectivity index (χ4n) is 1.03. The number of anilines is 2. The van der Waals surface area contributed by atoms with E-state index in [4.69, 9.17) is 15.7 Å². The van der Waals surface area contributed by atoms with Crippen LogP contribution in [-0.4, -0.2) is 40.3 Å². The minimum Gasteiger partial charge on any atom is -0.467 e. The first-order valence-corrected chi connectivity index (χ1v) is 4.91. The zero-order valence-corrected chi connectivity index (χ0v) is 9.10. The van der Waals surface area contributed by atoms with E-state index in [0.717, 1.165) is 12.8 Å². The van der Waals surface area contributed by atoms with Gasteiger partial charge in [0.25, 0.3) is 0 Å². The molecule has 8 heteroatoms. The van der Waals surface area contributed by atoms with Gasteiger partial charge in [-0.1, -0.05) is 0 Å². The van der Waals surface area contributed by atoms with E-state index >= 15 is 0 Å². The summed E-state index contributed by atoms with van der Waals surface area (Å²) < 4.78 is 4.89.